The third-order valence-corrected chi connectivity index (χ3v) is 5.75. The summed E-state index contributed by atoms with van der Waals surface area (Å²) < 4.78 is 13.0. The highest BCUT2D eigenvalue weighted by molar-refractivity contribution is 5.79. The normalized spacial score (nSPS) is 21.2. The van der Waals surface area contributed by atoms with Gasteiger partial charge in [0.2, 0.25) is 5.91 Å². The molecule has 2 aliphatic rings. The Bertz CT molecular complexity index is 529. The summed E-state index contributed by atoms with van der Waals surface area (Å²) in [7, 11) is 0. The third-order valence-electron chi connectivity index (χ3n) is 5.75. The Balaban J connectivity index is 1.44. The second-order valence-corrected chi connectivity index (χ2v) is 7.31. The molecule has 2 aliphatic heterocycles. The Morgan fingerprint density at radius 3 is 2.25 bits per heavy atom. The predicted molar refractivity (Wildman–Crippen MR) is 94.2 cm³/mol. The molecule has 3 rings (SSSR count). The molecular formula is C20H29FN2O. The summed E-state index contributed by atoms with van der Waals surface area (Å²) in [6.07, 6.45) is 5.16. The zero-order valence-corrected chi connectivity index (χ0v) is 14.7. The van der Waals surface area contributed by atoms with E-state index >= 15 is 0 Å². The molecule has 2 saturated heterocycles. The highest BCUT2D eigenvalue weighted by Gasteiger charge is 2.30. The summed E-state index contributed by atoms with van der Waals surface area (Å²) >= 11 is 0. The molecule has 0 radical (unpaired) electrons. The molecule has 0 unspecified atom stereocenters. The van der Waals surface area contributed by atoms with Gasteiger partial charge in [0.25, 0.3) is 0 Å². The van der Waals surface area contributed by atoms with Crippen molar-refractivity contribution in [2.24, 2.45) is 11.8 Å². The maximum absolute atomic E-state index is 13.0. The van der Waals surface area contributed by atoms with E-state index in [1.807, 2.05) is 12.1 Å². The molecule has 0 atom stereocenters. The average molecular weight is 332 g/mol. The molecule has 0 spiro atoms. The lowest BCUT2D eigenvalue weighted by Gasteiger charge is -2.37. The average Bonchev–Trinajstić information content (AvgIpc) is 2.64. The van der Waals surface area contributed by atoms with Crippen LogP contribution in [0.1, 0.15) is 38.2 Å². The van der Waals surface area contributed by atoms with E-state index in [0.29, 0.717) is 11.8 Å². The fourth-order valence-corrected chi connectivity index (χ4v) is 4.07. The van der Waals surface area contributed by atoms with Crippen molar-refractivity contribution in [2.75, 3.05) is 32.7 Å². The third kappa shape index (κ3) is 4.35. The second-order valence-electron chi connectivity index (χ2n) is 7.31. The highest BCUT2D eigenvalue weighted by atomic mass is 19.1. The zero-order valence-electron chi connectivity index (χ0n) is 14.7. The first-order valence-corrected chi connectivity index (χ1v) is 9.41. The molecule has 1 aromatic rings. The van der Waals surface area contributed by atoms with Crippen molar-refractivity contribution in [3.63, 3.8) is 0 Å². The molecule has 1 amide bonds. The van der Waals surface area contributed by atoms with Gasteiger partial charge in [-0.2, -0.15) is 0 Å². The largest absolute Gasteiger partial charge is 0.342 e. The molecule has 0 bridgehead atoms. The van der Waals surface area contributed by atoms with Crippen LogP contribution < -0.4 is 0 Å². The second kappa shape index (κ2) is 8.11. The number of likely N-dealkylation sites (tertiary alicyclic amines) is 2. The lowest BCUT2D eigenvalue weighted by atomic mass is 9.88. The van der Waals surface area contributed by atoms with E-state index in [1.54, 1.807) is 0 Å². The van der Waals surface area contributed by atoms with Gasteiger partial charge in [0.05, 0.1) is 0 Å². The lowest BCUT2D eigenvalue weighted by molar-refractivity contribution is -0.138. The summed E-state index contributed by atoms with van der Waals surface area (Å²) in [5.74, 6) is 1.06. The van der Waals surface area contributed by atoms with E-state index in [-0.39, 0.29) is 11.7 Å². The summed E-state index contributed by atoms with van der Waals surface area (Å²) in [5, 5.41) is 0. The molecule has 4 heteroatoms. The number of halogens is 1. The van der Waals surface area contributed by atoms with Crippen molar-refractivity contribution in [1.29, 1.82) is 0 Å². The first kappa shape index (κ1) is 17.4. The van der Waals surface area contributed by atoms with Crippen molar-refractivity contribution in [2.45, 2.75) is 39.0 Å². The molecular weight excluding hydrogens is 303 g/mol. The van der Waals surface area contributed by atoms with Gasteiger partial charge in [-0.05, 0) is 75.4 Å². The van der Waals surface area contributed by atoms with Crippen LogP contribution in [0.15, 0.2) is 24.3 Å². The lowest BCUT2D eigenvalue weighted by Crippen LogP contribution is -2.45. The first-order chi connectivity index (χ1) is 11.7. The van der Waals surface area contributed by atoms with Gasteiger partial charge < -0.3 is 9.80 Å². The molecule has 0 aliphatic carbocycles. The minimum atomic E-state index is -0.173. The van der Waals surface area contributed by atoms with Crippen LogP contribution in [-0.2, 0) is 11.2 Å². The van der Waals surface area contributed by atoms with Gasteiger partial charge in [-0.15, -0.1) is 0 Å². The van der Waals surface area contributed by atoms with Crippen LogP contribution in [0.25, 0.3) is 0 Å². The maximum atomic E-state index is 13.0. The number of rotatable bonds is 4. The molecule has 1 aromatic carbocycles. The molecule has 2 fully saturated rings. The smallest absolute Gasteiger partial charge is 0.225 e. The van der Waals surface area contributed by atoms with Crippen molar-refractivity contribution in [3.8, 4) is 0 Å². The monoisotopic (exact) mass is 332 g/mol. The minimum Gasteiger partial charge on any atom is -0.342 e. The Hall–Kier alpha value is -1.42. The number of hydrogen-bond donors (Lipinski definition) is 0. The molecule has 2 heterocycles. The Kier molecular flexibility index (Phi) is 5.88. The number of nitrogens with zero attached hydrogens (tertiary/aromatic N) is 2. The first-order valence-electron chi connectivity index (χ1n) is 9.41. The fourth-order valence-electron chi connectivity index (χ4n) is 4.07. The van der Waals surface area contributed by atoms with Crippen LogP contribution in [0.2, 0.25) is 0 Å². The van der Waals surface area contributed by atoms with Crippen LogP contribution in [-0.4, -0.2) is 48.4 Å². The molecule has 24 heavy (non-hydrogen) atoms. The number of amides is 1. The van der Waals surface area contributed by atoms with Gasteiger partial charge >= 0.3 is 0 Å². The zero-order chi connectivity index (χ0) is 16.9. The van der Waals surface area contributed by atoms with Gasteiger partial charge in [0, 0.05) is 19.0 Å². The predicted octanol–water partition coefficient (Wildman–Crippen LogP) is 3.34. The van der Waals surface area contributed by atoms with Crippen LogP contribution in [0.4, 0.5) is 4.39 Å². The highest BCUT2D eigenvalue weighted by Crippen LogP contribution is 2.25. The van der Waals surface area contributed by atoms with Gasteiger partial charge in [-0.25, -0.2) is 4.39 Å². The molecule has 0 aromatic heterocycles. The van der Waals surface area contributed by atoms with E-state index < -0.39 is 0 Å². The van der Waals surface area contributed by atoms with Crippen LogP contribution in [0, 0.1) is 17.7 Å². The number of carbonyl (C=O) groups excluding carboxylic acids is 1. The van der Waals surface area contributed by atoms with E-state index in [1.165, 1.54) is 17.7 Å². The number of benzene rings is 1. The van der Waals surface area contributed by atoms with Crippen LogP contribution in [0.5, 0.6) is 0 Å². The van der Waals surface area contributed by atoms with Crippen molar-refractivity contribution < 1.29 is 9.18 Å². The summed E-state index contributed by atoms with van der Waals surface area (Å²) in [5.41, 5.74) is 1.20. The van der Waals surface area contributed by atoms with Crippen molar-refractivity contribution in [3.05, 3.63) is 35.6 Å². The molecule has 3 nitrogen and oxygen atoms in total. The van der Waals surface area contributed by atoms with E-state index in [9.17, 15) is 9.18 Å². The number of carbonyl (C=O) groups is 1. The van der Waals surface area contributed by atoms with E-state index in [0.717, 1.165) is 64.8 Å². The van der Waals surface area contributed by atoms with Gasteiger partial charge in [0.1, 0.15) is 5.82 Å². The summed E-state index contributed by atoms with van der Waals surface area (Å²) in [6.45, 7) is 7.18. The van der Waals surface area contributed by atoms with Gasteiger partial charge in [-0.1, -0.05) is 19.1 Å². The van der Waals surface area contributed by atoms with Gasteiger partial charge in [0.15, 0.2) is 0 Å². The summed E-state index contributed by atoms with van der Waals surface area (Å²) in [4.78, 5) is 17.2. The summed E-state index contributed by atoms with van der Waals surface area (Å²) in [6, 6.07) is 6.84. The van der Waals surface area contributed by atoms with Gasteiger partial charge in [-0.3, -0.25) is 4.79 Å². The van der Waals surface area contributed by atoms with Crippen molar-refractivity contribution >= 4 is 5.91 Å². The molecule has 0 N–H and O–H groups in total. The van der Waals surface area contributed by atoms with Crippen molar-refractivity contribution in [1.82, 2.24) is 9.80 Å². The SMILES string of the molecule is CCN1CCC(C(=O)N2CCC(Cc3ccc(F)cc3)CC2)CC1. The van der Waals surface area contributed by atoms with E-state index in [2.05, 4.69) is 16.7 Å². The Morgan fingerprint density at radius 2 is 1.67 bits per heavy atom. The Labute approximate surface area is 144 Å². The molecule has 132 valence electrons. The maximum Gasteiger partial charge on any atom is 0.225 e. The number of piperidine rings is 2. The molecule has 0 saturated carbocycles. The fraction of sp³-hybridized carbons (Fsp3) is 0.650. The van der Waals surface area contributed by atoms with Crippen LogP contribution >= 0.6 is 0 Å². The van der Waals surface area contributed by atoms with E-state index in [4.69, 9.17) is 0 Å². The topological polar surface area (TPSA) is 23.6 Å². The standard InChI is InChI=1S/C20H29FN2O/c1-2-22-11-9-18(10-12-22)20(24)23-13-7-17(8-14-23)15-16-3-5-19(21)6-4-16/h3-6,17-18H,2,7-15H2,1H3. The van der Waals surface area contributed by atoms with Crippen LogP contribution in [0.3, 0.4) is 0 Å². The number of hydrogen-bond acceptors (Lipinski definition) is 2. The Morgan fingerprint density at radius 1 is 1.04 bits per heavy atom. The minimum absolute atomic E-state index is 0.173. The quantitative estimate of drug-likeness (QED) is 0.844.